The quantitative estimate of drug-likeness (QED) is 0.831. The van der Waals surface area contributed by atoms with Crippen LogP contribution in [0.15, 0.2) is 30.3 Å². The van der Waals surface area contributed by atoms with Crippen LogP contribution in [-0.2, 0) is 16.1 Å². The first kappa shape index (κ1) is 13.1. The molecular formula is C16H23NO2. The minimum atomic E-state index is 0.406. The molecule has 0 saturated carbocycles. The lowest BCUT2D eigenvalue weighted by molar-refractivity contribution is 0.0205. The Bertz CT molecular complexity index is 376. The number of benzene rings is 1. The molecule has 0 spiro atoms. The van der Waals surface area contributed by atoms with Gasteiger partial charge in [0.05, 0.1) is 12.7 Å². The van der Waals surface area contributed by atoms with Crippen LogP contribution in [0.2, 0.25) is 0 Å². The van der Waals surface area contributed by atoms with Gasteiger partial charge in [-0.3, -0.25) is 4.90 Å². The molecule has 0 N–H and O–H groups in total. The lowest BCUT2D eigenvalue weighted by Crippen LogP contribution is -2.38. The number of hydrogen-bond donors (Lipinski definition) is 0. The molecule has 2 heterocycles. The highest BCUT2D eigenvalue weighted by atomic mass is 16.5. The fourth-order valence-electron chi connectivity index (χ4n) is 3.06. The highest BCUT2D eigenvalue weighted by molar-refractivity contribution is 5.13. The Kier molecular flexibility index (Phi) is 4.49. The fraction of sp³-hybridized carbons (Fsp3) is 0.625. The summed E-state index contributed by atoms with van der Waals surface area (Å²) in [6.07, 6.45) is 3.95. The smallest absolute Gasteiger partial charge is 0.0721 e. The molecule has 3 nitrogen and oxygen atoms in total. The van der Waals surface area contributed by atoms with Crippen molar-refractivity contribution in [2.75, 3.05) is 26.3 Å². The largest absolute Gasteiger partial charge is 0.381 e. The number of rotatable bonds is 4. The molecule has 2 aliphatic heterocycles. The Morgan fingerprint density at radius 2 is 1.89 bits per heavy atom. The summed E-state index contributed by atoms with van der Waals surface area (Å²) in [6, 6.07) is 11.2. The SMILES string of the molecule is c1ccc(CO[C@@H]2CCN(C3CCOCC3)C2)cc1. The van der Waals surface area contributed by atoms with E-state index in [0.29, 0.717) is 6.10 Å². The van der Waals surface area contributed by atoms with E-state index in [2.05, 4.69) is 29.2 Å². The van der Waals surface area contributed by atoms with E-state index in [0.717, 1.165) is 32.4 Å². The van der Waals surface area contributed by atoms with Gasteiger partial charge in [-0.15, -0.1) is 0 Å². The van der Waals surface area contributed by atoms with Crippen LogP contribution in [0, 0.1) is 0 Å². The summed E-state index contributed by atoms with van der Waals surface area (Å²) in [5, 5.41) is 0. The summed E-state index contributed by atoms with van der Waals surface area (Å²) < 4.78 is 11.5. The van der Waals surface area contributed by atoms with E-state index in [-0.39, 0.29) is 0 Å². The molecule has 2 saturated heterocycles. The second kappa shape index (κ2) is 6.51. The molecule has 3 heteroatoms. The summed E-state index contributed by atoms with van der Waals surface area (Å²) in [5.74, 6) is 0. The second-order valence-electron chi connectivity index (χ2n) is 5.55. The van der Waals surface area contributed by atoms with Crippen LogP contribution in [0.3, 0.4) is 0 Å². The van der Waals surface area contributed by atoms with Crippen LogP contribution in [0.5, 0.6) is 0 Å². The Morgan fingerprint density at radius 3 is 2.68 bits per heavy atom. The average Bonchev–Trinajstić information content (AvgIpc) is 2.96. The van der Waals surface area contributed by atoms with Crippen molar-refractivity contribution < 1.29 is 9.47 Å². The van der Waals surface area contributed by atoms with Crippen molar-refractivity contribution >= 4 is 0 Å². The van der Waals surface area contributed by atoms with Gasteiger partial charge in [-0.05, 0) is 24.8 Å². The maximum absolute atomic E-state index is 6.04. The third-order valence-corrected chi connectivity index (χ3v) is 4.21. The molecule has 0 bridgehead atoms. The van der Waals surface area contributed by atoms with Crippen LogP contribution in [0.4, 0.5) is 0 Å². The van der Waals surface area contributed by atoms with Crippen LogP contribution >= 0.6 is 0 Å². The van der Waals surface area contributed by atoms with Crippen molar-refractivity contribution in [1.82, 2.24) is 4.90 Å². The van der Waals surface area contributed by atoms with Crippen molar-refractivity contribution in [3.8, 4) is 0 Å². The van der Waals surface area contributed by atoms with Gasteiger partial charge in [0.15, 0.2) is 0 Å². The predicted octanol–water partition coefficient (Wildman–Crippen LogP) is 2.46. The van der Waals surface area contributed by atoms with Crippen LogP contribution in [0.1, 0.15) is 24.8 Å². The molecule has 1 aromatic rings. The van der Waals surface area contributed by atoms with Gasteiger partial charge >= 0.3 is 0 Å². The van der Waals surface area contributed by atoms with Gasteiger partial charge < -0.3 is 9.47 Å². The minimum absolute atomic E-state index is 0.406. The zero-order valence-corrected chi connectivity index (χ0v) is 11.5. The van der Waals surface area contributed by atoms with Gasteiger partial charge in [0.25, 0.3) is 0 Å². The first-order chi connectivity index (χ1) is 9.42. The number of likely N-dealkylation sites (tertiary alicyclic amines) is 1. The molecule has 1 atom stereocenters. The summed E-state index contributed by atoms with van der Waals surface area (Å²) in [6.45, 7) is 4.88. The van der Waals surface area contributed by atoms with E-state index >= 15 is 0 Å². The molecule has 2 fully saturated rings. The second-order valence-corrected chi connectivity index (χ2v) is 5.55. The van der Waals surface area contributed by atoms with Gasteiger partial charge in [-0.25, -0.2) is 0 Å². The maximum atomic E-state index is 6.04. The number of hydrogen-bond acceptors (Lipinski definition) is 3. The zero-order chi connectivity index (χ0) is 12.9. The van der Waals surface area contributed by atoms with Crippen LogP contribution in [-0.4, -0.2) is 43.3 Å². The summed E-state index contributed by atoms with van der Waals surface area (Å²) in [5.41, 5.74) is 1.27. The molecule has 3 rings (SSSR count). The van der Waals surface area contributed by atoms with Gasteiger partial charge in [0, 0.05) is 32.3 Å². The van der Waals surface area contributed by atoms with Crippen molar-refractivity contribution in [2.45, 2.75) is 38.0 Å². The lowest BCUT2D eigenvalue weighted by atomic mass is 10.1. The highest BCUT2D eigenvalue weighted by Crippen LogP contribution is 2.22. The molecule has 104 valence electrons. The fourth-order valence-corrected chi connectivity index (χ4v) is 3.06. The molecule has 0 radical (unpaired) electrons. The van der Waals surface area contributed by atoms with E-state index < -0.39 is 0 Å². The van der Waals surface area contributed by atoms with Crippen molar-refractivity contribution in [1.29, 1.82) is 0 Å². The summed E-state index contributed by atoms with van der Waals surface area (Å²) in [4.78, 5) is 2.60. The summed E-state index contributed by atoms with van der Waals surface area (Å²) in [7, 11) is 0. The van der Waals surface area contributed by atoms with E-state index in [1.54, 1.807) is 0 Å². The molecule has 1 aromatic carbocycles. The summed E-state index contributed by atoms with van der Waals surface area (Å²) >= 11 is 0. The Hall–Kier alpha value is -0.900. The molecule has 0 aliphatic carbocycles. The molecule has 2 aliphatic rings. The first-order valence-corrected chi connectivity index (χ1v) is 7.39. The molecule has 0 unspecified atom stereocenters. The minimum Gasteiger partial charge on any atom is -0.381 e. The van der Waals surface area contributed by atoms with Crippen molar-refractivity contribution in [3.05, 3.63) is 35.9 Å². The topological polar surface area (TPSA) is 21.7 Å². The van der Waals surface area contributed by atoms with E-state index in [1.165, 1.54) is 31.4 Å². The van der Waals surface area contributed by atoms with Crippen molar-refractivity contribution in [3.63, 3.8) is 0 Å². The standard InChI is InChI=1S/C16H23NO2/c1-2-4-14(5-3-1)13-19-16-6-9-17(12-16)15-7-10-18-11-8-15/h1-5,15-16H,6-13H2/t16-/m1/s1. The molecule has 0 aromatic heterocycles. The maximum Gasteiger partial charge on any atom is 0.0721 e. The Morgan fingerprint density at radius 1 is 1.11 bits per heavy atom. The average molecular weight is 261 g/mol. The number of nitrogens with zero attached hydrogens (tertiary/aromatic N) is 1. The Labute approximate surface area is 115 Å². The highest BCUT2D eigenvalue weighted by Gasteiger charge is 2.29. The van der Waals surface area contributed by atoms with Crippen LogP contribution in [0.25, 0.3) is 0 Å². The van der Waals surface area contributed by atoms with Gasteiger partial charge in [-0.1, -0.05) is 30.3 Å². The normalized spacial score (nSPS) is 25.8. The lowest BCUT2D eigenvalue weighted by Gasteiger charge is -2.30. The van der Waals surface area contributed by atoms with Gasteiger partial charge in [0.2, 0.25) is 0 Å². The van der Waals surface area contributed by atoms with Crippen molar-refractivity contribution in [2.24, 2.45) is 0 Å². The van der Waals surface area contributed by atoms with E-state index in [4.69, 9.17) is 9.47 Å². The zero-order valence-electron chi connectivity index (χ0n) is 11.5. The monoisotopic (exact) mass is 261 g/mol. The molecule has 19 heavy (non-hydrogen) atoms. The first-order valence-electron chi connectivity index (χ1n) is 7.39. The predicted molar refractivity (Wildman–Crippen MR) is 75.1 cm³/mol. The van der Waals surface area contributed by atoms with Gasteiger partial charge in [-0.2, -0.15) is 0 Å². The Balaban J connectivity index is 1.44. The van der Waals surface area contributed by atoms with Crippen LogP contribution < -0.4 is 0 Å². The third-order valence-electron chi connectivity index (χ3n) is 4.21. The number of ether oxygens (including phenoxy) is 2. The third kappa shape index (κ3) is 3.56. The van der Waals surface area contributed by atoms with E-state index in [9.17, 15) is 0 Å². The van der Waals surface area contributed by atoms with Gasteiger partial charge in [0.1, 0.15) is 0 Å². The molecular weight excluding hydrogens is 238 g/mol. The van der Waals surface area contributed by atoms with E-state index in [1.807, 2.05) is 6.07 Å². The molecule has 0 amide bonds.